The van der Waals surface area contributed by atoms with Crippen molar-refractivity contribution in [1.29, 1.82) is 0 Å². The molecule has 2 N–H and O–H groups in total. The van der Waals surface area contributed by atoms with Crippen LogP contribution in [0, 0.1) is 11.7 Å². The van der Waals surface area contributed by atoms with Crippen LogP contribution in [0.4, 0.5) is 0 Å². The summed E-state index contributed by atoms with van der Waals surface area (Å²) < 4.78 is 2.41. The number of aryl methyl sites for hydroxylation is 1. The molecule has 2 heterocycles. The molecule has 0 spiro atoms. The zero-order valence-corrected chi connectivity index (χ0v) is 18.8. The van der Waals surface area contributed by atoms with E-state index >= 15 is 0 Å². The maximum atomic E-state index is 12.4. The van der Waals surface area contributed by atoms with Gasteiger partial charge in [-0.05, 0) is 62.3 Å². The molecule has 4 rings (SSSR count). The fourth-order valence-electron chi connectivity index (χ4n) is 3.99. The van der Waals surface area contributed by atoms with E-state index in [0.29, 0.717) is 24.3 Å². The molecule has 1 aliphatic rings. The van der Waals surface area contributed by atoms with E-state index in [1.54, 1.807) is 0 Å². The fraction of sp³-hybridized carbons (Fsp3) is 0.375. The second kappa shape index (κ2) is 10.0. The molecule has 0 bridgehead atoms. The lowest BCUT2D eigenvalue weighted by atomic mass is 10.1. The van der Waals surface area contributed by atoms with E-state index in [-0.39, 0.29) is 5.91 Å². The number of H-pyrrole nitrogens is 1. The van der Waals surface area contributed by atoms with Gasteiger partial charge in [0.15, 0.2) is 10.6 Å². The van der Waals surface area contributed by atoms with Crippen molar-refractivity contribution >= 4 is 18.1 Å². The molecule has 7 heteroatoms. The lowest BCUT2D eigenvalue weighted by molar-refractivity contribution is -0.121. The van der Waals surface area contributed by atoms with Crippen LogP contribution in [0.15, 0.2) is 48.5 Å². The van der Waals surface area contributed by atoms with Crippen molar-refractivity contribution in [2.75, 3.05) is 13.1 Å². The molecule has 2 aromatic carbocycles. The Morgan fingerprint density at radius 2 is 1.87 bits per heavy atom. The van der Waals surface area contributed by atoms with Gasteiger partial charge in [0.2, 0.25) is 5.91 Å². The van der Waals surface area contributed by atoms with Gasteiger partial charge in [-0.25, -0.2) is 0 Å². The molecule has 0 saturated carbocycles. The minimum absolute atomic E-state index is 0.000523. The first-order valence-corrected chi connectivity index (χ1v) is 11.3. The Labute approximate surface area is 188 Å². The predicted molar refractivity (Wildman–Crippen MR) is 125 cm³/mol. The molecule has 1 saturated heterocycles. The molecule has 1 aliphatic heterocycles. The Hall–Kier alpha value is -2.77. The Morgan fingerprint density at radius 3 is 2.61 bits per heavy atom. The van der Waals surface area contributed by atoms with E-state index in [9.17, 15) is 4.79 Å². The highest BCUT2D eigenvalue weighted by Gasteiger charge is 2.12. The van der Waals surface area contributed by atoms with Crippen LogP contribution in [0.25, 0.3) is 11.4 Å². The summed E-state index contributed by atoms with van der Waals surface area (Å²) in [4.78, 5) is 14.9. The number of aromatic amines is 1. The number of carbonyl (C=O) groups is 1. The molecule has 0 unspecified atom stereocenters. The number of likely N-dealkylation sites (tertiary alicyclic amines) is 1. The van der Waals surface area contributed by atoms with E-state index in [2.05, 4.69) is 50.7 Å². The number of carbonyl (C=O) groups excluding carboxylic acids is 1. The van der Waals surface area contributed by atoms with Gasteiger partial charge < -0.3 is 5.32 Å². The number of amides is 1. The molecule has 1 amide bonds. The molecule has 0 atom stereocenters. The standard InChI is InChI=1S/C24H29N5OS/c1-18-5-4-6-21(15-18)23-26-27-24(31)29(23)14-11-22(30)25-16-19-7-9-20(10-8-19)17-28-12-2-3-13-28/h4-10,15H,2-3,11-14,16-17H2,1H3,(H,25,30)(H,27,31). The average molecular weight is 436 g/mol. The van der Waals surface area contributed by atoms with Crippen LogP contribution in [0.2, 0.25) is 0 Å². The number of hydrogen-bond donors (Lipinski definition) is 2. The zero-order chi connectivity index (χ0) is 21.6. The van der Waals surface area contributed by atoms with Crippen LogP contribution < -0.4 is 5.32 Å². The maximum Gasteiger partial charge on any atom is 0.222 e. The van der Waals surface area contributed by atoms with Crippen LogP contribution in [-0.4, -0.2) is 38.7 Å². The quantitative estimate of drug-likeness (QED) is 0.520. The number of aromatic nitrogens is 3. The van der Waals surface area contributed by atoms with E-state index in [0.717, 1.165) is 29.1 Å². The summed E-state index contributed by atoms with van der Waals surface area (Å²) >= 11 is 5.37. The van der Waals surface area contributed by atoms with Crippen LogP contribution in [0.3, 0.4) is 0 Å². The molecule has 1 aromatic heterocycles. The minimum atomic E-state index is -0.000523. The smallest absolute Gasteiger partial charge is 0.222 e. The lowest BCUT2D eigenvalue weighted by Crippen LogP contribution is -2.24. The Morgan fingerprint density at radius 1 is 1.13 bits per heavy atom. The van der Waals surface area contributed by atoms with Gasteiger partial charge >= 0.3 is 0 Å². The van der Waals surface area contributed by atoms with Gasteiger partial charge in [-0.15, -0.1) is 0 Å². The third-order valence-corrected chi connectivity index (χ3v) is 6.03. The fourth-order valence-corrected chi connectivity index (χ4v) is 4.22. The SMILES string of the molecule is Cc1cccc(-c2n[nH]c(=S)n2CCC(=O)NCc2ccc(CN3CCCC3)cc2)c1. The highest BCUT2D eigenvalue weighted by atomic mass is 32.1. The van der Waals surface area contributed by atoms with E-state index < -0.39 is 0 Å². The third-order valence-electron chi connectivity index (χ3n) is 5.71. The molecule has 0 radical (unpaired) electrons. The summed E-state index contributed by atoms with van der Waals surface area (Å²) in [5.41, 5.74) is 4.58. The highest BCUT2D eigenvalue weighted by Crippen LogP contribution is 2.19. The van der Waals surface area contributed by atoms with Crippen LogP contribution in [0.1, 0.15) is 36.0 Å². The Kier molecular flexibility index (Phi) is 6.94. The zero-order valence-electron chi connectivity index (χ0n) is 17.9. The summed E-state index contributed by atoms with van der Waals surface area (Å²) in [6.07, 6.45) is 2.96. The molecule has 162 valence electrons. The minimum Gasteiger partial charge on any atom is -0.352 e. The van der Waals surface area contributed by atoms with Crippen molar-refractivity contribution in [3.63, 3.8) is 0 Å². The second-order valence-electron chi connectivity index (χ2n) is 8.20. The van der Waals surface area contributed by atoms with Gasteiger partial charge in [0.25, 0.3) is 0 Å². The molecule has 6 nitrogen and oxygen atoms in total. The van der Waals surface area contributed by atoms with Crippen LogP contribution in [-0.2, 0) is 24.4 Å². The molecule has 31 heavy (non-hydrogen) atoms. The summed E-state index contributed by atoms with van der Waals surface area (Å²) in [5.74, 6) is 0.759. The summed E-state index contributed by atoms with van der Waals surface area (Å²) in [6, 6.07) is 16.6. The Balaban J connectivity index is 1.29. The number of nitrogens with zero attached hydrogens (tertiary/aromatic N) is 3. The van der Waals surface area contributed by atoms with Gasteiger partial charge in [-0.1, -0.05) is 48.0 Å². The van der Waals surface area contributed by atoms with Gasteiger partial charge in [-0.3, -0.25) is 19.4 Å². The summed E-state index contributed by atoms with van der Waals surface area (Å²) in [5, 5.41) is 10.2. The number of rotatable bonds is 8. The largest absolute Gasteiger partial charge is 0.352 e. The van der Waals surface area contributed by atoms with E-state index in [1.165, 1.54) is 31.5 Å². The summed E-state index contributed by atoms with van der Waals surface area (Å²) in [7, 11) is 0. The van der Waals surface area contributed by atoms with Crippen molar-refractivity contribution in [2.24, 2.45) is 0 Å². The monoisotopic (exact) mass is 435 g/mol. The molecule has 1 fully saturated rings. The first-order chi connectivity index (χ1) is 15.1. The van der Waals surface area contributed by atoms with Crippen molar-refractivity contribution < 1.29 is 4.79 Å². The molecular formula is C24H29N5OS. The summed E-state index contributed by atoms with van der Waals surface area (Å²) in [6.45, 7) is 6.47. The van der Waals surface area contributed by atoms with Crippen LogP contribution in [0.5, 0.6) is 0 Å². The van der Waals surface area contributed by atoms with Gasteiger partial charge in [0.1, 0.15) is 0 Å². The predicted octanol–water partition coefficient (Wildman–Crippen LogP) is 4.22. The van der Waals surface area contributed by atoms with Crippen molar-refractivity contribution in [2.45, 2.75) is 45.8 Å². The van der Waals surface area contributed by atoms with E-state index in [4.69, 9.17) is 12.2 Å². The van der Waals surface area contributed by atoms with Crippen LogP contribution >= 0.6 is 12.2 Å². The first-order valence-electron chi connectivity index (χ1n) is 10.9. The molecular weight excluding hydrogens is 406 g/mol. The third kappa shape index (κ3) is 5.68. The van der Waals surface area contributed by atoms with Crippen molar-refractivity contribution in [3.8, 4) is 11.4 Å². The first kappa shape index (κ1) is 21.5. The second-order valence-corrected chi connectivity index (χ2v) is 8.59. The number of nitrogens with one attached hydrogen (secondary N) is 2. The molecule has 3 aromatic rings. The molecule has 0 aliphatic carbocycles. The Bertz CT molecular complexity index is 1080. The number of benzene rings is 2. The normalized spacial score (nSPS) is 14.1. The highest BCUT2D eigenvalue weighted by molar-refractivity contribution is 7.71. The average Bonchev–Trinajstić information content (AvgIpc) is 3.41. The maximum absolute atomic E-state index is 12.4. The van der Waals surface area contributed by atoms with E-state index in [1.807, 2.05) is 29.7 Å². The lowest BCUT2D eigenvalue weighted by Gasteiger charge is -2.14. The topological polar surface area (TPSA) is 66.0 Å². The number of hydrogen-bond acceptors (Lipinski definition) is 4. The van der Waals surface area contributed by atoms with Gasteiger partial charge in [-0.2, -0.15) is 5.10 Å². The van der Waals surface area contributed by atoms with Crippen molar-refractivity contribution in [3.05, 3.63) is 70.0 Å². The van der Waals surface area contributed by atoms with Gasteiger partial charge in [0, 0.05) is 31.6 Å². The van der Waals surface area contributed by atoms with Crippen molar-refractivity contribution in [1.82, 2.24) is 25.0 Å². The van der Waals surface area contributed by atoms with Gasteiger partial charge in [0.05, 0.1) is 0 Å².